The van der Waals surface area contributed by atoms with Crippen LogP contribution in [0.25, 0.3) is 11.1 Å². The number of hydrogen-bond donors (Lipinski definition) is 0. The monoisotopic (exact) mass is 394 g/mol. The summed E-state index contributed by atoms with van der Waals surface area (Å²) in [6.45, 7) is 4.71. The molecule has 1 aliphatic carbocycles. The van der Waals surface area contributed by atoms with Gasteiger partial charge in [0.2, 0.25) is 0 Å². The highest BCUT2D eigenvalue weighted by molar-refractivity contribution is 5.65. The largest absolute Gasteiger partial charge is 0.460 e. The molecule has 1 aromatic heterocycles. The van der Waals surface area contributed by atoms with Crippen LogP contribution in [0.2, 0.25) is 0 Å². The van der Waals surface area contributed by atoms with Gasteiger partial charge in [0, 0.05) is 49.3 Å². The molecule has 3 fully saturated rings. The third-order valence-corrected chi connectivity index (χ3v) is 6.54. The lowest BCUT2D eigenvalue weighted by atomic mass is 10.0. The topological polar surface area (TPSA) is 50.7 Å². The predicted molar refractivity (Wildman–Crippen MR) is 113 cm³/mol. The van der Waals surface area contributed by atoms with Crippen molar-refractivity contribution in [2.45, 2.75) is 50.7 Å². The van der Waals surface area contributed by atoms with Gasteiger partial charge >= 0.3 is 6.01 Å². The molecule has 0 amide bonds. The summed E-state index contributed by atoms with van der Waals surface area (Å²) in [5, 5.41) is 0. The Morgan fingerprint density at radius 3 is 2.24 bits per heavy atom. The number of hydrogen-bond acceptors (Lipinski definition) is 6. The van der Waals surface area contributed by atoms with Crippen LogP contribution in [0.5, 0.6) is 6.01 Å². The summed E-state index contributed by atoms with van der Waals surface area (Å²) in [4.78, 5) is 13.8. The highest BCUT2D eigenvalue weighted by atomic mass is 16.5. The van der Waals surface area contributed by atoms with Crippen LogP contribution in [-0.2, 0) is 4.74 Å². The van der Waals surface area contributed by atoms with E-state index in [1.165, 1.54) is 31.4 Å². The minimum Gasteiger partial charge on any atom is -0.460 e. The highest BCUT2D eigenvalue weighted by Gasteiger charge is 2.28. The molecule has 2 aliphatic heterocycles. The Morgan fingerprint density at radius 2 is 1.59 bits per heavy atom. The SMILES string of the molecule is c1cc(N2CCOC2)ccc1-c1cnc(OC2CCN(C3CCCC3)CC2)nc1. The average molecular weight is 395 g/mol. The first-order valence-electron chi connectivity index (χ1n) is 11.0. The Kier molecular flexibility index (Phi) is 5.63. The normalized spacial score (nSPS) is 21.7. The van der Waals surface area contributed by atoms with E-state index in [4.69, 9.17) is 9.47 Å². The third kappa shape index (κ3) is 4.38. The molecule has 6 heteroatoms. The lowest BCUT2D eigenvalue weighted by Gasteiger charge is -2.35. The summed E-state index contributed by atoms with van der Waals surface area (Å²) in [6.07, 6.45) is 11.7. The number of benzene rings is 1. The molecule has 0 N–H and O–H groups in total. The van der Waals surface area contributed by atoms with Crippen molar-refractivity contribution in [1.82, 2.24) is 14.9 Å². The second-order valence-electron chi connectivity index (χ2n) is 8.39. The van der Waals surface area contributed by atoms with Gasteiger partial charge in [-0.05, 0) is 43.4 Å². The van der Waals surface area contributed by atoms with E-state index in [0.29, 0.717) is 12.7 Å². The molecule has 5 rings (SSSR count). The fourth-order valence-corrected chi connectivity index (χ4v) is 4.79. The van der Waals surface area contributed by atoms with Gasteiger partial charge in [0.1, 0.15) is 12.8 Å². The maximum Gasteiger partial charge on any atom is 0.316 e. The zero-order chi connectivity index (χ0) is 19.5. The van der Waals surface area contributed by atoms with Crippen LogP contribution in [0.15, 0.2) is 36.7 Å². The minimum atomic E-state index is 0.237. The quantitative estimate of drug-likeness (QED) is 0.770. The zero-order valence-electron chi connectivity index (χ0n) is 17.0. The maximum absolute atomic E-state index is 6.07. The van der Waals surface area contributed by atoms with Gasteiger partial charge in [-0.25, -0.2) is 9.97 Å². The van der Waals surface area contributed by atoms with Crippen molar-refractivity contribution in [3.63, 3.8) is 0 Å². The highest BCUT2D eigenvalue weighted by Crippen LogP contribution is 2.28. The van der Waals surface area contributed by atoms with Gasteiger partial charge in [0.25, 0.3) is 0 Å². The van der Waals surface area contributed by atoms with Gasteiger partial charge in [-0.3, -0.25) is 0 Å². The van der Waals surface area contributed by atoms with Gasteiger partial charge in [-0.15, -0.1) is 0 Å². The average Bonchev–Trinajstić information content (AvgIpc) is 3.50. The molecule has 0 unspecified atom stereocenters. The van der Waals surface area contributed by atoms with Crippen LogP contribution in [0, 0.1) is 0 Å². The van der Waals surface area contributed by atoms with E-state index in [0.717, 1.165) is 56.3 Å². The van der Waals surface area contributed by atoms with E-state index in [1.54, 1.807) is 0 Å². The Balaban J connectivity index is 1.15. The van der Waals surface area contributed by atoms with Crippen LogP contribution >= 0.6 is 0 Å². The number of anilines is 1. The van der Waals surface area contributed by atoms with Gasteiger partial charge in [-0.2, -0.15) is 0 Å². The van der Waals surface area contributed by atoms with Crippen molar-refractivity contribution in [2.75, 3.05) is 37.9 Å². The molecule has 1 saturated carbocycles. The molecule has 6 nitrogen and oxygen atoms in total. The van der Waals surface area contributed by atoms with Crippen LogP contribution in [0.4, 0.5) is 5.69 Å². The molecule has 154 valence electrons. The minimum absolute atomic E-state index is 0.237. The van der Waals surface area contributed by atoms with Gasteiger partial charge in [0.15, 0.2) is 0 Å². The molecule has 3 heterocycles. The molecule has 2 aromatic rings. The first-order chi connectivity index (χ1) is 14.3. The summed E-state index contributed by atoms with van der Waals surface area (Å²) in [5.41, 5.74) is 3.32. The first kappa shape index (κ1) is 18.8. The molecule has 2 saturated heterocycles. The summed E-state index contributed by atoms with van der Waals surface area (Å²) < 4.78 is 11.5. The van der Waals surface area contributed by atoms with Crippen molar-refractivity contribution in [3.05, 3.63) is 36.7 Å². The predicted octanol–water partition coefficient (Wildman–Crippen LogP) is 3.72. The van der Waals surface area contributed by atoms with E-state index >= 15 is 0 Å². The molecule has 0 atom stereocenters. The van der Waals surface area contributed by atoms with Crippen molar-refractivity contribution in [3.8, 4) is 17.1 Å². The lowest BCUT2D eigenvalue weighted by molar-refractivity contribution is 0.0710. The molecular formula is C23H30N4O2. The Bertz CT molecular complexity index is 776. The summed E-state index contributed by atoms with van der Waals surface area (Å²) in [5.74, 6) is 0. The zero-order valence-corrected chi connectivity index (χ0v) is 17.0. The van der Waals surface area contributed by atoms with Crippen LogP contribution in [-0.4, -0.2) is 60.0 Å². The van der Waals surface area contributed by atoms with Crippen molar-refractivity contribution < 1.29 is 9.47 Å². The van der Waals surface area contributed by atoms with Crippen molar-refractivity contribution >= 4 is 5.69 Å². The molecular weight excluding hydrogens is 364 g/mol. The van der Waals surface area contributed by atoms with E-state index < -0.39 is 0 Å². The Hall–Kier alpha value is -2.18. The number of ether oxygens (including phenoxy) is 2. The van der Waals surface area contributed by atoms with Crippen LogP contribution in [0.1, 0.15) is 38.5 Å². The van der Waals surface area contributed by atoms with E-state index in [9.17, 15) is 0 Å². The number of rotatable bonds is 5. The summed E-state index contributed by atoms with van der Waals surface area (Å²) in [6, 6.07) is 9.81. The molecule has 1 aromatic carbocycles. The molecule has 0 bridgehead atoms. The molecule has 0 radical (unpaired) electrons. The fraction of sp³-hybridized carbons (Fsp3) is 0.565. The Morgan fingerprint density at radius 1 is 0.862 bits per heavy atom. The Labute approximate surface area is 172 Å². The third-order valence-electron chi connectivity index (χ3n) is 6.54. The number of piperidine rings is 1. The smallest absolute Gasteiger partial charge is 0.316 e. The van der Waals surface area contributed by atoms with Crippen LogP contribution in [0.3, 0.4) is 0 Å². The standard InChI is InChI=1S/C23H30N4O2/c1-2-4-20(3-1)26-11-9-22(10-12-26)29-23-24-15-19(16-25-23)18-5-7-21(8-6-18)27-13-14-28-17-27/h5-8,15-16,20,22H,1-4,9-14,17H2. The van der Waals surface area contributed by atoms with Crippen molar-refractivity contribution in [1.29, 1.82) is 0 Å². The first-order valence-corrected chi connectivity index (χ1v) is 11.0. The van der Waals surface area contributed by atoms with Crippen molar-refractivity contribution in [2.24, 2.45) is 0 Å². The number of aromatic nitrogens is 2. The second-order valence-corrected chi connectivity index (χ2v) is 8.39. The van der Waals surface area contributed by atoms with E-state index in [2.05, 4.69) is 44.0 Å². The van der Waals surface area contributed by atoms with Crippen LogP contribution < -0.4 is 9.64 Å². The molecule has 29 heavy (non-hydrogen) atoms. The van der Waals surface area contributed by atoms with E-state index in [1.807, 2.05) is 12.4 Å². The summed E-state index contributed by atoms with van der Waals surface area (Å²) >= 11 is 0. The van der Waals surface area contributed by atoms with Gasteiger partial charge in [0.05, 0.1) is 6.61 Å². The van der Waals surface area contributed by atoms with Gasteiger partial charge in [-0.1, -0.05) is 25.0 Å². The molecule has 3 aliphatic rings. The second kappa shape index (κ2) is 8.67. The fourth-order valence-electron chi connectivity index (χ4n) is 4.79. The number of likely N-dealkylation sites (tertiary alicyclic amines) is 1. The maximum atomic E-state index is 6.07. The lowest BCUT2D eigenvalue weighted by Crippen LogP contribution is -2.43. The molecule has 0 spiro atoms. The van der Waals surface area contributed by atoms with E-state index in [-0.39, 0.29) is 6.10 Å². The van der Waals surface area contributed by atoms with Gasteiger partial charge < -0.3 is 19.3 Å². The number of nitrogens with zero attached hydrogens (tertiary/aromatic N) is 4. The summed E-state index contributed by atoms with van der Waals surface area (Å²) in [7, 11) is 0.